The molecule has 0 aliphatic heterocycles. The molecule has 0 spiro atoms. The minimum atomic E-state index is 0.867. The molecule has 0 amide bonds. The van der Waals surface area contributed by atoms with Crippen molar-refractivity contribution in [3.05, 3.63) is 23.7 Å². The molecule has 1 saturated carbocycles. The molecule has 3 nitrogen and oxygen atoms in total. The first kappa shape index (κ1) is 10.8. The third-order valence-corrected chi connectivity index (χ3v) is 3.80. The van der Waals surface area contributed by atoms with Gasteiger partial charge in [-0.1, -0.05) is 25.7 Å². The predicted molar refractivity (Wildman–Crippen MR) is 68.9 cm³/mol. The van der Waals surface area contributed by atoms with Gasteiger partial charge in [-0.25, -0.2) is 9.97 Å². The van der Waals surface area contributed by atoms with Crippen LogP contribution in [0.3, 0.4) is 0 Å². The van der Waals surface area contributed by atoms with Crippen molar-refractivity contribution in [1.29, 1.82) is 0 Å². The maximum atomic E-state index is 4.57. The number of hydrogen-bond donors (Lipinski definition) is 1. The maximum Gasteiger partial charge on any atom is 0.177 e. The Bertz CT molecular complexity index is 509. The SMILES string of the molecule is Cc1ccc2[nH]c(CCC3CCCC3)nc2n1. The third-order valence-electron chi connectivity index (χ3n) is 3.80. The molecule has 0 bridgehead atoms. The van der Waals surface area contributed by atoms with E-state index in [0.717, 1.165) is 35.0 Å². The highest BCUT2D eigenvalue weighted by molar-refractivity contribution is 5.70. The second-order valence-electron chi connectivity index (χ2n) is 5.20. The Morgan fingerprint density at radius 3 is 2.88 bits per heavy atom. The molecule has 3 rings (SSSR count). The fraction of sp³-hybridized carbons (Fsp3) is 0.571. The lowest BCUT2D eigenvalue weighted by Gasteiger charge is -2.05. The van der Waals surface area contributed by atoms with Crippen molar-refractivity contribution in [3.63, 3.8) is 0 Å². The van der Waals surface area contributed by atoms with Crippen molar-refractivity contribution < 1.29 is 0 Å². The van der Waals surface area contributed by atoms with Gasteiger partial charge in [-0.15, -0.1) is 0 Å². The molecule has 2 aromatic rings. The van der Waals surface area contributed by atoms with Gasteiger partial charge in [0.1, 0.15) is 5.82 Å². The van der Waals surface area contributed by atoms with Crippen molar-refractivity contribution in [3.8, 4) is 0 Å². The Balaban J connectivity index is 1.72. The molecule has 1 fully saturated rings. The van der Waals surface area contributed by atoms with Gasteiger partial charge in [0.05, 0.1) is 5.52 Å². The zero-order valence-corrected chi connectivity index (χ0v) is 10.4. The van der Waals surface area contributed by atoms with E-state index in [1.54, 1.807) is 0 Å². The summed E-state index contributed by atoms with van der Waals surface area (Å²) in [6, 6.07) is 4.10. The number of aromatic amines is 1. The van der Waals surface area contributed by atoms with Gasteiger partial charge in [0.2, 0.25) is 0 Å². The second-order valence-corrected chi connectivity index (χ2v) is 5.20. The van der Waals surface area contributed by atoms with Crippen LogP contribution in [0.15, 0.2) is 12.1 Å². The summed E-state index contributed by atoms with van der Waals surface area (Å²) in [6.45, 7) is 2.01. The van der Waals surface area contributed by atoms with Crippen LogP contribution in [0, 0.1) is 12.8 Å². The number of hydrogen-bond acceptors (Lipinski definition) is 2. The van der Waals surface area contributed by atoms with Crippen molar-refractivity contribution in [1.82, 2.24) is 15.0 Å². The van der Waals surface area contributed by atoms with Gasteiger partial charge in [-0.05, 0) is 31.4 Å². The minimum absolute atomic E-state index is 0.867. The van der Waals surface area contributed by atoms with Crippen LogP contribution in [0.25, 0.3) is 11.2 Å². The molecule has 2 heterocycles. The lowest BCUT2D eigenvalue weighted by atomic mass is 10.0. The summed E-state index contributed by atoms with van der Waals surface area (Å²) < 4.78 is 0. The highest BCUT2D eigenvalue weighted by Crippen LogP contribution is 2.28. The topological polar surface area (TPSA) is 41.6 Å². The van der Waals surface area contributed by atoms with E-state index in [2.05, 4.69) is 21.0 Å². The third kappa shape index (κ3) is 2.33. The number of fused-ring (bicyclic) bond motifs is 1. The first-order valence-electron chi connectivity index (χ1n) is 6.63. The lowest BCUT2D eigenvalue weighted by molar-refractivity contribution is 0.498. The molecule has 1 N–H and O–H groups in total. The van der Waals surface area contributed by atoms with Crippen LogP contribution in [0.1, 0.15) is 43.6 Å². The van der Waals surface area contributed by atoms with Gasteiger partial charge in [-0.2, -0.15) is 0 Å². The first-order chi connectivity index (χ1) is 8.31. The number of nitrogens with zero attached hydrogens (tertiary/aromatic N) is 2. The molecular weight excluding hydrogens is 210 g/mol. The fourth-order valence-corrected chi connectivity index (χ4v) is 2.80. The fourth-order valence-electron chi connectivity index (χ4n) is 2.80. The molecule has 0 saturated heterocycles. The number of aryl methyl sites for hydroxylation is 2. The standard InChI is InChI=1S/C14H19N3/c1-10-6-8-12-14(15-10)17-13(16-12)9-7-11-4-2-3-5-11/h6,8,11H,2-5,7,9H2,1H3,(H,15,16,17). The number of nitrogens with one attached hydrogen (secondary N) is 1. The van der Waals surface area contributed by atoms with Crippen molar-refractivity contribution in [2.75, 3.05) is 0 Å². The van der Waals surface area contributed by atoms with E-state index in [9.17, 15) is 0 Å². The summed E-state index contributed by atoms with van der Waals surface area (Å²) in [5.41, 5.74) is 2.97. The van der Waals surface area contributed by atoms with Crippen LogP contribution in [-0.2, 0) is 6.42 Å². The Hall–Kier alpha value is -1.38. The average Bonchev–Trinajstić information content (AvgIpc) is 2.94. The summed E-state index contributed by atoms with van der Waals surface area (Å²) >= 11 is 0. The van der Waals surface area contributed by atoms with Gasteiger partial charge >= 0.3 is 0 Å². The molecule has 1 aliphatic carbocycles. The molecule has 3 heteroatoms. The second kappa shape index (κ2) is 4.47. The van der Waals surface area contributed by atoms with E-state index in [0.29, 0.717) is 0 Å². The van der Waals surface area contributed by atoms with Crippen LogP contribution in [0.2, 0.25) is 0 Å². The maximum absolute atomic E-state index is 4.57. The summed E-state index contributed by atoms with van der Waals surface area (Å²) in [5.74, 6) is 2.03. The molecule has 0 radical (unpaired) electrons. The molecule has 0 atom stereocenters. The Morgan fingerprint density at radius 2 is 2.06 bits per heavy atom. The Kier molecular flexibility index (Phi) is 2.83. The highest BCUT2D eigenvalue weighted by atomic mass is 15.0. The Morgan fingerprint density at radius 1 is 1.24 bits per heavy atom. The van der Waals surface area contributed by atoms with Gasteiger partial charge in [0.25, 0.3) is 0 Å². The zero-order chi connectivity index (χ0) is 11.7. The van der Waals surface area contributed by atoms with Gasteiger partial charge in [0, 0.05) is 12.1 Å². The predicted octanol–water partition coefficient (Wildman–Crippen LogP) is 3.39. The van der Waals surface area contributed by atoms with E-state index < -0.39 is 0 Å². The molecular formula is C14H19N3. The van der Waals surface area contributed by atoms with Gasteiger partial charge in [-0.3, -0.25) is 0 Å². The molecule has 0 aromatic carbocycles. The van der Waals surface area contributed by atoms with E-state index >= 15 is 0 Å². The van der Waals surface area contributed by atoms with Crippen LogP contribution in [0.4, 0.5) is 0 Å². The smallest absolute Gasteiger partial charge is 0.177 e. The number of H-pyrrole nitrogens is 1. The zero-order valence-electron chi connectivity index (χ0n) is 10.4. The van der Waals surface area contributed by atoms with Crippen LogP contribution >= 0.6 is 0 Å². The highest BCUT2D eigenvalue weighted by Gasteiger charge is 2.15. The average molecular weight is 229 g/mol. The lowest BCUT2D eigenvalue weighted by Crippen LogP contribution is -1.97. The number of imidazole rings is 1. The van der Waals surface area contributed by atoms with Crippen LogP contribution < -0.4 is 0 Å². The van der Waals surface area contributed by atoms with Gasteiger partial charge < -0.3 is 4.98 Å². The van der Waals surface area contributed by atoms with Crippen LogP contribution in [-0.4, -0.2) is 15.0 Å². The van der Waals surface area contributed by atoms with Crippen molar-refractivity contribution in [2.24, 2.45) is 5.92 Å². The number of rotatable bonds is 3. The summed E-state index contributed by atoms with van der Waals surface area (Å²) in [7, 11) is 0. The monoisotopic (exact) mass is 229 g/mol. The van der Waals surface area contributed by atoms with E-state index in [4.69, 9.17) is 0 Å². The van der Waals surface area contributed by atoms with Gasteiger partial charge in [0.15, 0.2) is 5.65 Å². The molecule has 2 aromatic heterocycles. The van der Waals surface area contributed by atoms with Crippen molar-refractivity contribution in [2.45, 2.75) is 45.4 Å². The molecule has 0 unspecified atom stereocenters. The summed E-state index contributed by atoms with van der Waals surface area (Å²) in [6.07, 6.45) is 8.02. The minimum Gasteiger partial charge on any atom is -0.341 e. The molecule has 90 valence electrons. The quantitative estimate of drug-likeness (QED) is 0.876. The van der Waals surface area contributed by atoms with Crippen molar-refractivity contribution >= 4 is 11.2 Å². The van der Waals surface area contributed by atoms with Crippen LogP contribution in [0.5, 0.6) is 0 Å². The number of pyridine rings is 1. The van der Waals surface area contributed by atoms with E-state index in [-0.39, 0.29) is 0 Å². The molecule has 17 heavy (non-hydrogen) atoms. The number of aromatic nitrogens is 3. The van der Waals surface area contributed by atoms with E-state index in [1.807, 2.05) is 13.0 Å². The largest absolute Gasteiger partial charge is 0.341 e. The Labute approximate surface area is 102 Å². The summed E-state index contributed by atoms with van der Waals surface area (Å²) in [4.78, 5) is 12.4. The van der Waals surface area contributed by atoms with E-state index in [1.165, 1.54) is 32.1 Å². The summed E-state index contributed by atoms with van der Waals surface area (Å²) in [5, 5.41) is 0. The molecule has 1 aliphatic rings. The first-order valence-corrected chi connectivity index (χ1v) is 6.63. The normalized spacial score (nSPS) is 17.0.